The molecule has 3 N–H and O–H groups in total. The fourth-order valence-corrected chi connectivity index (χ4v) is 1.57. The molecule has 4 heteroatoms. The predicted molar refractivity (Wildman–Crippen MR) is 66.3 cm³/mol. The Hall–Kier alpha value is -1.13. The van der Waals surface area contributed by atoms with Gasteiger partial charge in [0.25, 0.3) is 0 Å². The number of unbranched alkanes of at least 4 members (excludes halogenated alkanes) is 1. The average molecular weight is 223 g/mol. The number of rotatable bonds is 7. The van der Waals surface area contributed by atoms with E-state index >= 15 is 0 Å². The zero-order valence-corrected chi connectivity index (χ0v) is 9.89. The zero-order chi connectivity index (χ0) is 11.8. The third-order valence-electron chi connectivity index (χ3n) is 2.48. The molecule has 0 amide bonds. The third kappa shape index (κ3) is 3.79. The molecule has 0 spiro atoms. The summed E-state index contributed by atoms with van der Waals surface area (Å²) in [6.07, 6.45) is 2.24. The van der Waals surface area contributed by atoms with Crippen molar-refractivity contribution in [3.63, 3.8) is 0 Å². The van der Waals surface area contributed by atoms with Crippen molar-refractivity contribution in [1.29, 1.82) is 0 Å². The van der Waals surface area contributed by atoms with Crippen LogP contribution in [0.15, 0.2) is 18.2 Å². The highest BCUT2D eigenvalue weighted by Gasteiger charge is 2.06. The topological polar surface area (TPSA) is 62.4 Å². The van der Waals surface area contributed by atoms with E-state index in [9.17, 15) is 0 Å². The number of hydrogen-bond donors (Lipinski definition) is 2. The van der Waals surface area contributed by atoms with Crippen molar-refractivity contribution in [2.75, 3.05) is 24.6 Å². The van der Waals surface area contributed by atoms with Crippen molar-refractivity contribution < 1.29 is 5.11 Å². The van der Waals surface area contributed by atoms with Gasteiger partial charge in [0.15, 0.2) is 0 Å². The third-order valence-corrected chi connectivity index (χ3v) is 2.48. The van der Waals surface area contributed by atoms with E-state index in [-0.39, 0.29) is 6.61 Å². The first-order valence-corrected chi connectivity index (χ1v) is 5.83. The molecule has 90 valence electrons. The summed E-state index contributed by atoms with van der Waals surface area (Å²) < 4.78 is 0. The highest BCUT2D eigenvalue weighted by molar-refractivity contribution is 5.39. The van der Waals surface area contributed by atoms with Crippen LogP contribution in [0.3, 0.4) is 0 Å². The summed E-state index contributed by atoms with van der Waals surface area (Å²) >= 11 is 0. The van der Waals surface area contributed by atoms with Crippen LogP contribution in [0.5, 0.6) is 0 Å². The van der Waals surface area contributed by atoms with Crippen molar-refractivity contribution in [2.45, 2.75) is 26.3 Å². The Kier molecular flexibility index (Phi) is 5.82. The molecule has 1 aromatic rings. The van der Waals surface area contributed by atoms with Gasteiger partial charge >= 0.3 is 0 Å². The molecule has 0 aliphatic rings. The molecule has 4 nitrogen and oxygen atoms in total. The number of aliphatic hydroxyl groups excluding tert-OH is 1. The van der Waals surface area contributed by atoms with Gasteiger partial charge in [0, 0.05) is 19.6 Å². The van der Waals surface area contributed by atoms with Gasteiger partial charge in [-0.05, 0) is 18.6 Å². The maximum absolute atomic E-state index is 9.03. The SMILES string of the molecule is CCCCN(CCO)c1cccc(CN)n1. The van der Waals surface area contributed by atoms with E-state index in [0.717, 1.165) is 30.9 Å². The number of aromatic nitrogens is 1. The number of hydrogen-bond acceptors (Lipinski definition) is 4. The summed E-state index contributed by atoms with van der Waals surface area (Å²) in [6, 6.07) is 5.84. The maximum Gasteiger partial charge on any atom is 0.128 e. The van der Waals surface area contributed by atoms with Crippen molar-refractivity contribution in [2.24, 2.45) is 5.73 Å². The first-order valence-electron chi connectivity index (χ1n) is 5.83. The Balaban J connectivity index is 2.73. The molecule has 0 aliphatic carbocycles. The molecule has 0 aromatic carbocycles. The summed E-state index contributed by atoms with van der Waals surface area (Å²) in [4.78, 5) is 6.55. The van der Waals surface area contributed by atoms with E-state index < -0.39 is 0 Å². The van der Waals surface area contributed by atoms with Gasteiger partial charge in [0.2, 0.25) is 0 Å². The summed E-state index contributed by atoms with van der Waals surface area (Å²) in [6.45, 7) is 4.31. The monoisotopic (exact) mass is 223 g/mol. The quantitative estimate of drug-likeness (QED) is 0.727. The smallest absolute Gasteiger partial charge is 0.128 e. The van der Waals surface area contributed by atoms with Gasteiger partial charge in [-0.1, -0.05) is 19.4 Å². The van der Waals surface area contributed by atoms with E-state index in [0.29, 0.717) is 13.1 Å². The van der Waals surface area contributed by atoms with E-state index in [1.807, 2.05) is 18.2 Å². The average Bonchev–Trinajstić information content (AvgIpc) is 2.34. The van der Waals surface area contributed by atoms with E-state index in [2.05, 4.69) is 16.8 Å². The van der Waals surface area contributed by atoms with Crippen LogP contribution in [0, 0.1) is 0 Å². The van der Waals surface area contributed by atoms with Gasteiger partial charge in [-0.25, -0.2) is 4.98 Å². The van der Waals surface area contributed by atoms with Crippen molar-refractivity contribution in [3.05, 3.63) is 23.9 Å². The Morgan fingerprint density at radius 2 is 2.19 bits per heavy atom. The Morgan fingerprint density at radius 1 is 1.38 bits per heavy atom. The molecule has 1 rings (SSSR count). The van der Waals surface area contributed by atoms with Gasteiger partial charge in [-0.3, -0.25) is 0 Å². The van der Waals surface area contributed by atoms with Gasteiger partial charge in [-0.15, -0.1) is 0 Å². The fourth-order valence-electron chi connectivity index (χ4n) is 1.57. The molecular weight excluding hydrogens is 202 g/mol. The first-order chi connectivity index (χ1) is 7.81. The molecule has 0 aliphatic heterocycles. The molecule has 0 saturated heterocycles. The normalized spacial score (nSPS) is 10.4. The molecule has 0 bridgehead atoms. The second kappa shape index (κ2) is 7.19. The molecule has 0 radical (unpaired) electrons. The second-order valence-electron chi connectivity index (χ2n) is 3.76. The molecule has 16 heavy (non-hydrogen) atoms. The van der Waals surface area contributed by atoms with E-state index in [4.69, 9.17) is 10.8 Å². The van der Waals surface area contributed by atoms with E-state index in [1.165, 1.54) is 0 Å². The van der Waals surface area contributed by atoms with Crippen LogP contribution >= 0.6 is 0 Å². The van der Waals surface area contributed by atoms with Crippen molar-refractivity contribution in [1.82, 2.24) is 4.98 Å². The minimum absolute atomic E-state index is 0.151. The Bertz CT molecular complexity index is 304. The lowest BCUT2D eigenvalue weighted by molar-refractivity contribution is 0.301. The summed E-state index contributed by atoms with van der Waals surface area (Å²) in [5.74, 6) is 0.908. The number of nitrogens with two attached hydrogens (primary N) is 1. The number of anilines is 1. The van der Waals surface area contributed by atoms with Gasteiger partial charge in [0.05, 0.1) is 12.3 Å². The molecule has 1 heterocycles. The predicted octanol–water partition coefficient (Wildman–Crippen LogP) is 1.14. The van der Waals surface area contributed by atoms with Crippen LogP contribution in [0.4, 0.5) is 5.82 Å². The Morgan fingerprint density at radius 3 is 2.81 bits per heavy atom. The molecular formula is C12H21N3O. The van der Waals surface area contributed by atoms with E-state index in [1.54, 1.807) is 0 Å². The van der Waals surface area contributed by atoms with Crippen LogP contribution in [-0.4, -0.2) is 29.8 Å². The molecule has 0 atom stereocenters. The highest BCUT2D eigenvalue weighted by atomic mass is 16.3. The lowest BCUT2D eigenvalue weighted by Crippen LogP contribution is -2.28. The number of aliphatic hydroxyl groups is 1. The fraction of sp³-hybridized carbons (Fsp3) is 0.583. The van der Waals surface area contributed by atoms with Crippen molar-refractivity contribution >= 4 is 5.82 Å². The molecule has 0 unspecified atom stereocenters. The summed E-state index contributed by atoms with van der Waals surface area (Å²) in [7, 11) is 0. The number of nitrogens with zero attached hydrogens (tertiary/aromatic N) is 2. The number of pyridine rings is 1. The highest BCUT2D eigenvalue weighted by Crippen LogP contribution is 2.12. The lowest BCUT2D eigenvalue weighted by atomic mass is 10.3. The second-order valence-corrected chi connectivity index (χ2v) is 3.76. The largest absolute Gasteiger partial charge is 0.395 e. The van der Waals surface area contributed by atoms with Crippen LogP contribution in [0.25, 0.3) is 0 Å². The van der Waals surface area contributed by atoms with Crippen LogP contribution < -0.4 is 10.6 Å². The van der Waals surface area contributed by atoms with Crippen LogP contribution in [-0.2, 0) is 6.54 Å². The van der Waals surface area contributed by atoms with Crippen LogP contribution in [0.1, 0.15) is 25.5 Å². The zero-order valence-electron chi connectivity index (χ0n) is 9.89. The summed E-state index contributed by atoms with van der Waals surface area (Å²) in [5, 5.41) is 9.03. The molecule has 1 aromatic heterocycles. The van der Waals surface area contributed by atoms with Gasteiger partial charge in [-0.2, -0.15) is 0 Å². The molecule has 0 saturated carbocycles. The summed E-state index contributed by atoms with van der Waals surface area (Å²) in [5.41, 5.74) is 6.45. The van der Waals surface area contributed by atoms with Crippen LogP contribution in [0.2, 0.25) is 0 Å². The van der Waals surface area contributed by atoms with Gasteiger partial charge in [0.1, 0.15) is 5.82 Å². The standard InChI is InChI=1S/C12H21N3O/c1-2-3-7-15(8-9-16)12-6-4-5-11(10-13)14-12/h4-6,16H,2-3,7-10,13H2,1H3. The minimum Gasteiger partial charge on any atom is -0.395 e. The van der Waals surface area contributed by atoms with Gasteiger partial charge < -0.3 is 15.7 Å². The Labute approximate surface area is 97.1 Å². The first kappa shape index (κ1) is 12.9. The van der Waals surface area contributed by atoms with Crippen molar-refractivity contribution in [3.8, 4) is 0 Å². The molecule has 0 fully saturated rings. The lowest BCUT2D eigenvalue weighted by Gasteiger charge is -2.22. The minimum atomic E-state index is 0.151. The maximum atomic E-state index is 9.03.